The molecule has 0 spiro atoms. The first kappa shape index (κ1) is 14.5. The van der Waals surface area contributed by atoms with Gasteiger partial charge in [-0.3, -0.25) is 10.1 Å². The standard InChI is InChI=1S/C17H24N2O2/c1-2-7-18-17(15-10-13-9-14(13)11-15)8-12-3-5-16(6-4-12)19(20)21/h3-6,13-15,17-18H,2,7-11H2,1H3. The largest absolute Gasteiger partial charge is 0.313 e. The van der Waals surface area contributed by atoms with Crippen LogP contribution in [0.1, 0.15) is 38.2 Å². The number of nitro groups is 1. The van der Waals surface area contributed by atoms with Gasteiger partial charge in [0.05, 0.1) is 4.92 Å². The lowest BCUT2D eigenvalue weighted by atomic mass is 9.89. The van der Waals surface area contributed by atoms with Gasteiger partial charge >= 0.3 is 0 Å². The lowest BCUT2D eigenvalue weighted by Gasteiger charge is -2.26. The van der Waals surface area contributed by atoms with Crippen molar-refractivity contribution in [2.75, 3.05) is 6.54 Å². The van der Waals surface area contributed by atoms with Crippen LogP contribution in [0.2, 0.25) is 0 Å². The Morgan fingerprint density at radius 3 is 2.48 bits per heavy atom. The van der Waals surface area contributed by atoms with E-state index in [-0.39, 0.29) is 10.6 Å². The molecule has 0 amide bonds. The van der Waals surface area contributed by atoms with Gasteiger partial charge in [-0.05, 0) is 62.0 Å². The average molecular weight is 288 g/mol. The number of non-ortho nitro benzene ring substituents is 1. The highest BCUT2D eigenvalue weighted by Gasteiger charge is 2.47. The molecule has 0 radical (unpaired) electrons. The second-order valence-corrected chi connectivity index (χ2v) is 6.68. The molecule has 0 heterocycles. The Balaban J connectivity index is 1.63. The molecular weight excluding hydrogens is 264 g/mol. The highest BCUT2D eigenvalue weighted by atomic mass is 16.6. The summed E-state index contributed by atoms with van der Waals surface area (Å²) in [6.07, 6.45) is 6.34. The van der Waals surface area contributed by atoms with Crippen molar-refractivity contribution in [3.63, 3.8) is 0 Å². The zero-order valence-electron chi connectivity index (χ0n) is 12.6. The van der Waals surface area contributed by atoms with E-state index in [4.69, 9.17) is 0 Å². The molecule has 114 valence electrons. The Morgan fingerprint density at radius 2 is 1.90 bits per heavy atom. The van der Waals surface area contributed by atoms with Gasteiger partial charge < -0.3 is 5.32 Å². The summed E-state index contributed by atoms with van der Waals surface area (Å²) in [6.45, 7) is 3.26. The molecule has 2 fully saturated rings. The van der Waals surface area contributed by atoms with Crippen molar-refractivity contribution in [1.29, 1.82) is 0 Å². The van der Waals surface area contributed by atoms with E-state index in [1.807, 2.05) is 12.1 Å². The van der Waals surface area contributed by atoms with Crippen LogP contribution in [0.15, 0.2) is 24.3 Å². The van der Waals surface area contributed by atoms with Crippen molar-refractivity contribution in [1.82, 2.24) is 5.32 Å². The second-order valence-electron chi connectivity index (χ2n) is 6.68. The van der Waals surface area contributed by atoms with Gasteiger partial charge in [-0.15, -0.1) is 0 Å². The second kappa shape index (κ2) is 6.14. The summed E-state index contributed by atoms with van der Waals surface area (Å²) in [5.74, 6) is 2.78. The summed E-state index contributed by atoms with van der Waals surface area (Å²) in [5.41, 5.74) is 1.38. The number of benzene rings is 1. The Bertz CT molecular complexity index is 490. The third-order valence-electron chi connectivity index (χ3n) is 5.11. The molecular formula is C17H24N2O2. The fraction of sp³-hybridized carbons (Fsp3) is 0.647. The molecule has 0 bridgehead atoms. The minimum atomic E-state index is -0.332. The highest BCUT2D eigenvalue weighted by Crippen LogP contribution is 2.55. The molecule has 3 rings (SSSR count). The van der Waals surface area contributed by atoms with Gasteiger partial charge in [-0.2, -0.15) is 0 Å². The van der Waals surface area contributed by atoms with Gasteiger partial charge in [0.1, 0.15) is 0 Å². The van der Waals surface area contributed by atoms with Gasteiger partial charge in [0.15, 0.2) is 0 Å². The van der Waals surface area contributed by atoms with E-state index in [0.717, 1.165) is 37.1 Å². The van der Waals surface area contributed by atoms with E-state index in [0.29, 0.717) is 6.04 Å². The summed E-state index contributed by atoms with van der Waals surface area (Å²) < 4.78 is 0. The first-order chi connectivity index (χ1) is 10.2. The highest BCUT2D eigenvalue weighted by molar-refractivity contribution is 5.33. The summed E-state index contributed by atoms with van der Waals surface area (Å²) in [5, 5.41) is 14.4. The number of nitrogens with one attached hydrogen (secondary N) is 1. The van der Waals surface area contributed by atoms with E-state index < -0.39 is 0 Å². The van der Waals surface area contributed by atoms with Crippen LogP contribution in [-0.2, 0) is 6.42 Å². The van der Waals surface area contributed by atoms with E-state index in [9.17, 15) is 10.1 Å². The lowest BCUT2D eigenvalue weighted by Crippen LogP contribution is -2.38. The minimum Gasteiger partial charge on any atom is -0.313 e. The Labute approximate surface area is 126 Å². The normalized spacial score (nSPS) is 28.1. The molecule has 3 unspecified atom stereocenters. The van der Waals surface area contributed by atoms with Gasteiger partial charge in [-0.25, -0.2) is 0 Å². The molecule has 2 aliphatic carbocycles. The molecule has 0 aliphatic heterocycles. The predicted octanol–water partition coefficient (Wildman–Crippen LogP) is 3.55. The number of fused-ring (bicyclic) bond motifs is 1. The number of nitro benzene ring substituents is 1. The van der Waals surface area contributed by atoms with Crippen LogP contribution in [0.5, 0.6) is 0 Å². The maximum absolute atomic E-state index is 10.7. The topological polar surface area (TPSA) is 55.2 Å². The van der Waals surface area contributed by atoms with Gasteiger partial charge in [0.25, 0.3) is 5.69 Å². The predicted molar refractivity (Wildman–Crippen MR) is 83.2 cm³/mol. The average Bonchev–Trinajstić information content (AvgIpc) is 3.10. The Kier molecular flexibility index (Phi) is 4.24. The number of rotatable bonds is 7. The summed E-state index contributed by atoms with van der Waals surface area (Å²) in [7, 11) is 0. The van der Waals surface area contributed by atoms with Crippen molar-refractivity contribution in [3.8, 4) is 0 Å². The molecule has 1 N–H and O–H groups in total. The molecule has 1 aromatic carbocycles. The fourth-order valence-electron chi connectivity index (χ4n) is 3.83. The van der Waals surface area contributed by atoms with Crippen LogP contribution in [0, 0.1) is 27.9 Å². The van der Waals surface area contributed by atoms with Crippen molar-refractivity contribution < 1.29 is 4.92 Å². The molecule has 1 aromatic rings. The Morgan fingerprint density at radius 1 is 1.24 bits per heavy atom. The van der Waals surface area contributed by atoms with Gasteiger partial charge in [-0.1, -0.05) is 19.1 Å². The SMILES string of the molecule is CCCNC(Cc1ccc([N+](=O)[O-])cc1)C1CC2CC2C1. The number of hydrogen-bond acceptors (Lipinski definition) is 3. The maximum Gasteiger partial charge on any atom is 0.269 e. The van der Waals surface area contributed by atoms with Crippen molar-refractivity contribution in [2.45, 2.75) is 45.1 Å². The summed E-state index contributed by atoms with van der Waals surface area (Å²) in [4.78, 5) is 10.4. The molecule has 4 nitrogen and oxygen atoms in total. The molecule has 3 atom stereocenters. The summed E-state index contributed by atoms with van der Waals surface area (Å²) >= 11 is 0. The van der Waals surface area contributed by atoms with Crippen molar-refractivity contribution in [2.24, 2.45) is 17.8 Å². The fourth-order valence-corrected chi connectivity index (χ4v) is 3.83. The van der Waals surface area contributed by atoms with Gasteiger partial charge in [0.2, 0.25) is 0 Å². The van der Waals surface area contributed by atoms with Crippen LogP contribution >= 0.6 is 0 Å². The van der Waals surface area contributed by atoms with Crippen molar-refractivity contribution in [3.05, 3.63) is 39.9 Å². The van der Waals surface area contributed by atoms with E-state index in [1.165, 1.54) is 24.8 Å². The smallest absolute Gasteiger partial charge is 0.269 e. The first-order valence-electron chi connectivity index (χ1n) is 8.14. The number of hydrogen-bond donors (Lipinski definition) is 1. The molecule has 2 saturated carbocycles. The van der Waals surface area contributed by atoms with E-state index in [2.05, 4.69) is 12.2 Å². The maximum atomic E-state index is 10.7. The molecule has 2 aliphatic rings. The van der Waals surface area contributed by atoms with Crippen LogP contribution in [0.4, 0.5) is 5.69 Å². The molecule has 21 heavy (non-hydrogen) atoms. The monoisotopic (exact) mass is 288 g/mol. The quantitative estimate of drug-likeness (QED) is 0.616. The molecule has 0 saturated heterocycles. The Hall–Kier alpha value is -1.42. The third-order valence-corrected chi connectivity index (χ3v) is 5.11. The zero-order chi connectivity index (χ0) is 14.8. The molecule has 4 heteroatoms. The van der Waals surface area contributed by atoms with Crippen LogP contribution in [-0.4, -0.2) is 17.5 Å². The molecule has 0 aromatic heterocycles. The zero-order valence-corrected chi connectivity index (χ0v) is 12.6. The van der Waals surface area contributed by atoms with E-state index in [1.54, 1.807) is 12.1 Å². The first-order valence-corrected chi connectivity index (χ1v) is 8.14. The van der Waals surface area contributed by atoms with E-state index >= 15 is 0 Å². The van der Waals surface area contributed by atoms with Crippen LogP contribution in [0.25, 0.3) is 0 Å². The third kappa shape index (κ3) is 3.43. The summed E-state index contributed by atoms with van der Waals surface area (Å²) in [6, 6.07) is 7.60. The number of nitrogens with zero attached hydrogens (tertiary/aromatic N) is 1. The lowest BCUT2D eigenvalue weighted by molar-refractivity contribution is -0.384. The van der Waals surface area contributed by atoms with Crippen LogP contribution in [0.3, 0.4) is 0 Å². The van der Waals surface area contributed by atoms with Crippen molar-refractivity contribution >= 4 is 5.69 Å². The minimum absolute atomic E-state index is 0.180. The van der Waals surface area contributed by atoms with Gasteiger partial charge in [0, 0.05) is 18.2 Å². The van der Waals surface area contributed by atoms with Crippen LogP contribution < -0.4 is 5.32 Å².